The van der Waals surface area contributed by atoms with E-state index in [2.05, 4.69) is 151 Å². The number of ether oxygens (including phenoxy) is 3. The summed E-state index contributed by atoms with van der Waals surface area (Å²) in [6, 6.07) is 41.0. The topological polar surface area (TPSA) is 273 Å². The number of nitrogens with one attached hydrogen (secondary N) is 6. The molecule has 0 saturated heterocycles. The second-order valence-electron chi connectivity index (χ2n) is 25.4. The maximum absolute atomic E-state index is 12.4. The second kappa shape index (κ2) is 36.6. The molecule has 4 amide bonds. The minimum Gasteiger partial charge on any atom is -0.494 e. The summed E-state index contributed by atoms with van der Waals surface area (Å²) < 4.78 is 23.2. The van der Waals surface area contributed by atoms with Crippen molar-refractivity contribution >= 4 is 125 Å². The molecule has 12 aromatic rings. The van der Waals surface area contributed by atoms with E-state index >= 15 is 0 Å². The second-order valence-corrected chi connectivity index (χ2v) is 25.4. The Hall–Kier alpha value is -13.4. The lowest BCUT2D eigenvalue weighted by Crippen LogP contribution is -2.29. The smallest absolute Gasteiger partial charge is 0.247 e. The number of amides is 4. The van der Waals surface area contributed by atoms with E-state index in [1.807, 2.05) is 134 Å². The molecule has 0 spiro atoms. The van der Waals surface area contributed by atoms with Crippen LogP contribution in [0.4, 0.5) is 69.0 Å². The molecule has 6 heterocycles. The van der Waals surface area contributed by atoms with Gasteiger partial charge in [-0.15, -0.1) is 0 Å². The monoisotopic (exact) mass is 1470 g/mol. The summed E-state index contributed by atoms with van der Waals surface area (Å²) in [6.07, 6.45) is 16.2. The largest absolute Gasteiger partial charge is 0.494 e. The predicted octanol–water partition coefficient (Wildman–Crippen LogP) is 15.4. The van der Waals surface area contributed by atoms with Crippen LogP contribution in [0.5, 0.6) is 17.2 Å². The number of benzene rings is 6. The number of aryl methyl sites for hydroxylation is 3. The summed E-state index contributed by atoms with van der Waals surface area (Å²) in [7, 11) is 20.4. The molecule has 0 radical (unpaired) electrons. The van der Waals surface area contributed by atoms with E-state index < -0.39 is 5.91 Å². The first-order chi connectivity index (χ1) is 52.1. The Balaban J connectivity index is 0.000000188. The van der Waals surface area contributed by atoms with Gasteiger partial charge in [0.15, 0.2) is 0 Å². The molecule has 0 bridgehead atoms. The van der Waals surface area contributed by atoms with Crippen LogP contribution in [0.3, 0.4) is 0 Å². The Kier molecular flexibility index (Phi) is 26.8. The highest BCUT2D eigenvalue weighted by Crippen LogP contribution is 2.42. The maximum atomic E-state index is 12.4. The minimum absolute atomic E-state index is 0. The normalized spacial score (nSPS) is 10.7. The van der Waals surface area contributed by atoms with Crippen molar-refractivity contribution < 1.29 is 33.4 Å². The van der Waals surface area contributed by atoms with Crippen molar-refractivity contribution in [3.05, 3.63) is 203 Å². The summed E-state index contributed by atoms with van der Waals surface area (Å²) in [5, 5.41) is 21.6. The Bertz CT molecular complexity index is 5290. The van der Waals surface area contributed by atoms with Gasteiger partial charge in [-0.25, -0.2) is 29.9 Å². The number of likely N-dealkylation sites (N-methyl/N-ethyl adjacent to an activating group) is 2. The third-order valence-corrected chi connectivity index (χ3v) is 17.8. The highest BCUT2D eigenvalue weighted by Gasteiger charge is 2.23. The highest BCUT2D eigenvalue weighted by atomic mass is 16.5. The number of carbonyl (C=O) groups excluding carboxylic acids is 4. The molecule has 26 nitrogen and oxygen atoms in total. The number of para-hydroxylation sites is 3. The zero-order valence-corrected chi connectivity index (χ0v) is 63.1. The van der Waals surface area contributed by atoms with Crippen molar-refractivity contribution in [3.8, 4) is 51.0 Å². The van der Waals surface area contributed by atoms with Crippen molar-refractivity contribution in [2.45, 2.75) is 34.1 Å². The summed E-state index contributed by atoms with van der Waals surface area (Å²) >= 11 is 0. The van der Waals surface area contributed by atoms with E-state index in [0.717, 1.165) is 104 Å². The molecular weight excluding hydrogens is 1380 g/mol. The first kappa shape index (κ1) is 79.8. The van der Waals surface area contributed by atoms with Crippen LogP contribution in [0, 0.1) is 0 Å². The Labute approximate surface area is 635 Å². The van der Waals surface area contributed by atoms with Gasteiger partial charge in [0.2, 0.25) is 41.5 Å². The lowest BCUT2D eigenvalue weighted by Gasteiger charge is -2.26. The molecule has 6 N–H and O–H groups in total. The maximum Gasteiger partial charge on any atom is 0.247 e. The number of anilines is 12. The summed E-state index contributed by atoms with van der Waals surface area (Å²) in [4.78, 5) is 84.1. The number of hydrogen-bond acceptors (Lipinski definition) is 19. The number of hydrogen-bond donors (Lipinski definition) is 6. The van der Waals surface area contributed by atoms with E-state index in [1.54, 1.807) is 58.9 Å². The van der Waals surface area contributed by atoms with Gasteiger partial charge in [-0.1, -0.05) is 95.6 Å². The molecule has 6 aromatic heterocycles. The number of aromatic nitrogens is 9. The average Bonchev–Trinajstić information content (AvgIpc) is 1.67. The number of carbonyl (C=O) groups is 4. The van der Waals surface area contributed by atoms with Crippen molar-refractivity contribution in [3.63, 3.8) is 0 Å². The van der Waals surface area contributed by atoms with Crippen LogP contribution in [-0.2, 0) is 40.3 Å². The molecule has 0 atom stereocenters. The number of rotatable bonds is 27. The third kappa shape index (κ3) is 18.8. The van der Waals surface area contributed by atoms with Crippen molar-refractivity contribution in [2.24, 2.45) is 21.1 Å². The number of fused-ring (bicyclic) bond motifs is 3. The summed E-state index contributed by atoms with van der Waals surface area (Å²) in [5.74, 6) is 1.75. The van der Waals surface area contributed by atoms with Crippen LogP contribution in [0.1, 0.15) is 34.1 Å². The van der Waals surface area contributed by atoms with Crippen LogP contribution in [0.2, 0.25) is 0 Å². The first-order valence-electron chi connectivity index (χ1n) is 34.8. The lowest BCUT2D eigenvalue weighted by molar-refractivity contribution is -0.118. The van der Waals surface area contributed by atoms with Gasteiger partial charge in [0.25, 0.3) is 0 Å². The molecule has 564 valence electrons. The van der Waals surface area contributed by atoms with E-state index in [9.17, 15) is 19.2 Å². The zero-order chi connectivity index (χ0) is 77.3. The van der Waals surface area contributed by atoms with Crippen molar-refractivity contribution in [1.82, 2.24) is 48.5 Å². The van der Waals surface area contributed by atoms with Crippen LogP contribution >= 0.6 is 0 Å². The first-order valence-corrected chi connectivity index (χ1v) is 34.8. The Morgan fingerprint density at radius 1 is 0.440 bits per heavy atom. The van der Waals surface area contributed by atoms with Crippen LogP contribution in [0.15, 0.2) is 203 Å². The standard InChI is InChI=1S/C28H33N7O2.C27H28N6O3.C27H30N6O2.CH4/c1-7-27(36)30-22-16-23(26(37-6)17-25(22)34(4)15-14-33(2)3)32-28-29-13-12-21(31-28)20-18-35(5)24-11-9-8-10-19(20)24;1-6-25(34)29-20-14-21(24(36-5)15-23(20)33(4)26(35)7-2)31-27-28-13-12-19(30-27)18-16-32(3)22-11-9-8-10-17(18)22;1-6-14-32(3)24-16-25(35-5)22(15-21(24)29-26(34)7-2)31-27-28-13-12-20(30-27)19-17-33(4)23-11-9-8-10-18(19)23;/h7-13,16-18H,1,14-15H2,2-6H3,(H,30,36)(H,29,31,32);6,8-16H,1,7H2,2-5H3,(H,29,34)(H,28,30,31);7-13,15-17H,2,6,14H2,1,3-5H3,(H,29,34)(H,28,30,31);1H4. The van der Waals surface area contributed by atoms with Crippen LogP contribution < -0.4 is 60.8 Å². The molecule has 0 aliphatic rings. The molecule has 109 heavy (non-hydrogen) atoms. The van der Waals surface area contributed by atoms with Gasteiger partial charge >= 0.3 is 0 Å². The third-order valence-electron chi connectivity index (χ3n) is 17.8. The molecule has 0 saturated carbocycles. The van der Waals surface area contributed by atoms with Gasteiger partial charge in [0, 0.05) is 173 Å². The lowest BCUT2D eigenvalue weighted by atomic mass is 10.1. The molecule has 0 unspecified atom stereocenters. The number of nitrogens with zero attached hydrogens (tertiary/aromatic N) is 13. The molecule has 12 rings (SSSR count). The van der Waals surface area contributed by atoms with Crippen LogP contribution in [0.25, 0.3) is 66.5 Å². The van der Waals surface area contributed by atoms with Gasteiger partial charge in [-0.05, 0) is 93.3 Å². The van der Waals surface area contributed by atoms with Crippen molar-refractivity contribution in [1.29, 1.82) is 0 Å². The minimum atomic E-state index is -0.404. The van der Waals surface area contributed by atoms with Gasteiger partial charge in [-0.2, -0.15) is 0 Å². The van der Waals surface area contributed by atoms with Gasteiger partial charge in [0.1, 0.15) is 17.2 Å². The molecule has 0 aliphatic carbocycles. The SMILES string of the molecule is C.C=CC(=O)Nc1cc(Nc2nccc(-c3cn(C)c4ccccc34)n2)c(OC)cc1N(C)C(=O)CC.C=CC(=O)Nc1cc(Nc2nccc(-c3cn(C)c4ccccc34)n2)c(OC)cc1N(C)CCC.C=CC(=O)Nc1cc(Nc2nccc(-c3cn(C)c4ccccc34)n2)c(OC)cc1N(C)CCN(C)C. The molecule has 0 aliphatic heterocycles. The van der Waals surface area contributed by atoms with E-state index in [4.69, 9.17) is 29.2 Å². The fraction of sp³-hybridized carbons (Fsp3) is 0.229. The van der Waals surface area contributed by atoms with Crippen molar-refractivity contribution in [2.75, 3.05) is 123 Å². The summed E-state index contributed by atoms with van der Waals surface area (Å²) in [5.41, 5.74) is 14.4. The zero-order valence-electron chi connectivity index (χ0n) is 63.1. The predicted molar refractivity (Wildman–Crippen MR) is 443 cm³/mol. The molecule has 0 fully saturated rings. The van der Waals surface area contributed by atoms with E-state index in [1.165, 1.54) is 30.2 Å². The summed E-state index contributed by atoms with van der Waals surface area (Å²) in [6.45, 7) is 17.0. The van der Waals surface area contributed by atoms with E-state index in [-0.39, 0.29) is 25.1 Å². The Morgan fingerprint density at radius 2 is 0.761 bits per heavy atom. The van der Waals surface area contributed by atoms with Gasteiger partial charge in [-0.3, -0.25) is 19.2 Å². The van der Waals surface area contributed by atoms with E-state index in [0.29, 0.717) is 81.3 Å². The van der Waals surface area contributed by atoms with Gasteiger partial charge < -0.3 is 79.4 Å². The van der Waals surface area contributed by atoms with Gasteiger partial charge in [0.05, 0.1) is 89.6 Å². The Morgan fingerprint density at radius 3 is 1.07 bits per heavy atom. The molecular formula is C83H95N19O7. The number of methoxy groups -OCH3 is 3. The fourth-order valence-corrected chi connectivity index (χ4v) is 12.3. The van der Waals surface area contributed by atoms with Crippen LogP contribution in [-0.4, -0.2) is 148 Å². The quantitative estimate of drug-likeness (QED) is 0.0261. The molecule has 6 aromatic carbocycles. The average molecular weight is 1470 g/mol. The molecule has 26 heteroatoms. The highest BCUT2D eigenvalue weighted by molar-refractivity contribution is 6.07. The fourth-order valence-electron chi connectivity index (χ4n) is 12.3.